The topological polar surface area (TPSA) is 50.9 Å². The minimum atomic E-state index is -0.467. The third kappa shape index (κ3) is 2.01. The van der Waals surface area contributed by atoms with Crippen molar-refractivity contribution in [3.63, 3.8) is 0 Å². The van der Waals surface area contributed by atoms with E-state index in [4.69, 9.17) is 0 Å². The molecule has 0 spiro atoms. The average molecular weight is 271 g/mol. The summed E-state index contributed by atoms with van der Waals surface area (Å²) in [6.07, 6.45) is 4.33. The Balaban J connectivity index is 2.26. The van der Waals surface area contributed by atoms with Crippen LogP contribution in [0.2, 0.25) is 0 Å². The Morgan fingerprint density at radius 2 is 2.15 bits per heavy atom. The molecule has 0 radical (unpaired) electrons. The van der Waals surface area contributed by atoms with Crippen molar-refractivity contribution in [2.45, 2.75) is 19.9 Å². The van der Waals surface area contributed by atoms with Gasteiger partial charge in [0.05, 0.1) is 17.3 Å². The zero-order valence-corrected chi connectivity index (χ0v) is 11.0. The van der Waals surface area contributed by atoms with Gasteiger partial charge in [-0.05, 0) is 24.6 Å². The summed E-state index contributed by atoms with van der Waals surface area (Å²) in [5, 5.41) is 9.95. The van der Waals surface area contributed by atoms with Crippen LogP contribution in [0.1, 0.15) is 13.3 Å². The van der Waals surface area contributed by atoms with Gasteiger partial charge in [-0.25, -0.2) is 9.37 Å². The van der Waals surface area contributed by atoms with E-state index in [9.17, 15) is 9.50 Å². The Hall–Kier alpha value is -2.43. The van der Waals surface area contributed by atoms with E-state index >= 15 is 0 Å². The van der Waals surface area contributed by atoms with Gasteiger partial charge < -0.3 is 9.67 Å². The number of hydrogen-bond donors (Lipinski definition) is 1. The van der Waals surface area contributed by atoms with Crippen LogP contribution in [0.5, 0.6) is 5.75 Å². The van der Waals surface area contributed by atoms with Crippen molar-refractivity contribution < 1.29 is 9.50 Å². The number of nitrogens with zero attached hydrogens (tertiary/aromatic N) is 3. The van der Waals surface area contributed by atoms with Gasteiger partial charge in [0.25, 0.3) is 0 Å². The Labute approximate surface area is 115 Å². The minimum Gasteiger partial charge on any atom is -0.507 e. The van der Waals surface area contributed by atoms with Crippen molar-refractivity contribution in [1.82, 2.24) is 14.5 Å². The van der Waals surface area contributed by atoms with Gasteiger partial charge in [0.15, 0.2) is 0 Å². The molecule has 0 saturated heterocycles. The molecule has 0 atom stereocenters. The zero-order chi connectivity index (χ0) is 14.1. The normalized spacial score (nSPS) is 11.1. The monoisotopic (exact) mass is 271 g/mol. The molecule has 1 aromatic carbocycles. The molecule has 2 heterocycles. The van der Waals surface area contributed by atoms with Crippen LogP contribution in [0.4, 0.5) is 4.39 Å². The van der Waals surface area contributed by atoms with Gasteiger partial charge in [-0.1, -0.05) is 6.92 Å². The van der Waals surface area contributed by atoms with Crippen LogP contribution in [0, 0.1) is 5.82 Å². The third-order valence-corrected chi connectivity index (χ3v) is 3.20. The molecule has 2 aromatic heterocycles. The fraction of sp³-hybridized carbons (Fsp3) is 0.200. The highest BCUT2D eigenvalue weighted by atomic mass is 19.1. The first-order chi connectivity index (χ1) is 9.70. The van der Waals surface area contributed by atoms with Gasteiger partial charge in [-0.15, -0.1) is 0 Å². The number of imidazole rings is 1. The quantitative estimate of drug-likeness (QED) is 0.794. The number of aromatic hydroxyl groups is 1. The van der Waals surface area contributed by atoms with Crippen LogP contribution in [-0.4, -0.2) is 19.6 Å². The second-order valence-corrected chi connectivity index (χ2v) is 4.61. The average Bonchev–Trinajstić information content (AvgIpc) is 2.78. The molecule has 3 rings (SSSR count). The molecule has 0 amide bonds. The van der Waals surface area contributed by atoms with Crippen LogP contribution < -0.4 is 0 Å². The number of rotatable bonds is 3. The number of pyridine rings is 1. The maximum atomic E-state index is 13.1. The predicted molar refractivity (Wildman–Crippen MR) is 74.9 cm³/mol. The van der Waals surface area contributed by atoms with Crippen LogP contribution in [0.3, 0.4) is 0 Å². The molecule has 3 aromatic rings. The van der Waals surface area contributed by atoms with E-state index in [1.807, 2.05) is 10.6 Å². The molecule has 0 saturated carbocycles. The molecular formula is C15H14FN3O. The Kier molecular flexibility index (Phi) is 3.10. The number of aromatic nitrogens is 3. The standard InChI is InChI=1S/C15H14FN3O/c1-2-7-19-13-5-6-17-9-12(13)18-15(19)11-4-3-10(16)8-14(11)20/h3-6,8-9,20H,2,7H2,1H3. The maximum absolute atomic E-state index is 13.1. The van der Waals surface area contributed by atoms with E-state index in [0.717, 1.165) is 30.1 Å². The molecule has 0 aliphatic rings. The summed E-state index contributed by atoms with van der Waals surface area (Å²) in [5.74, 6) is 0.0593. The lowest BCUT2D eigenvalue weighted by Gasteiger charge is -2.09. The van der Waals surface area contributed by atoms with Crippen molar-refractivity contribution in [3.05, 3.63) is 42.5 Å². The van der Waals surface area contributed by atoms with Crippen LogP contribution in [-0.2, 0) is 6.54 Å². The zero-order valence-electron chi connectivity index (χ0n) is 11.0. The summed E-state index contributed by atoms with van der Waals surface area (Å²) in [6.45, 7) is 2.84. The molecule has 0 bridgehead atoms. The lowest BCUT2D eigenvalue weighted by atomic mass is 10.2. The number of hydrogen-bond acceptors (Lipinski definition) is 3. The first-order valence-corrected chi connectivity index (χ1v) is 6.50. The Morgan fingerprint density at radius 1 is 1.30 bits per heavy atom. The summed E-state index contributed by atoms with van der Waals surface area (Å²) in [4.78, 5) is 8.57. The van der Waals surface area contributed by atoms with Crippen LogP contribution in [0.25, 0.3) is 22.4 Å². The number of halogens is 1. The van der Waals surface area contributed by atoms with Gasteiger partial charge in [0.2, 0.25) is 0 Å². The van der Waals surface area contributed by atoms with E-state index in [0.29, 0.717) is 11.4 Å². The molecular weight excluding hydrogens is 257 g/mol. The highest BCUT2D eigenvalue weighted by Crippen LogP contribution is 2.31. The fourth-order valence-corrected chi connectivity index (χ4v) is 2.33. The molecule has 102 valence electrons. The van der Waals surface area contributed by atoms with Crippen LogP contribution in [0.15, 0.2) is 36.7 Å². The summed E-state index contributed by atoms with van der Waals surface area (Å²) in [5.41, 5.74) is 2.25. The number of aryl methyl sites for hydroxylation is 1. The number of phenols is 1. The Bertz CT molecular complexity index is 767. The van der Waals surface area contributed by atoms with E-state index in [2.05, 4.69) is 16.9 Å². The van der Waals surface area contributed by atoms with E-state index in [1.165, 1.54) is 6.07 Å². The fourth-order valence-electron chi connectivity index (χ4n) is 2.33. The number of phenolic OH excluding ortho intramolecular Hbond substituents is 1. The van der Waals surface area contributed by atoms with Gasteiger partial charge in [0, 0.05) is 18.8 Å². The molecule has 0 fully saturated rings. The van der Waals surface area contributed by atoms with Gasteiger partial charge in [-0.2, -0.15) is 0 Å². The molecule has 5 heteroatoms. The smallest absolute Gasteiger partial charge is 0.144 e. The van der Waals surface area contributed by atoms with Gasteiger partial charge in [-0.3, -0.25) is 4.98 Å². The molecule has 20 heavy (non-hydrogen) atoms. The van der Waals surface area contributed by atoms with Gasteiger partial charge in [0.1, 0.15) is 22.9 Å². The van der Waals surface area contributed by atoms with E-state index < -0.39 is 5.82 Å². The third-order valence-electron chi connectivity index (χ3n) is 3.20. The molecule has 0 aliphatic carbocycles. The summed E-state index contributed by atoms with van der Waals surface area (Å²) < 4.78 is 15.1. The molecule has 0 unspecified atom stereocenters. The number of fused-ring (bicyclic) bond motifs is 1. The van der Waals surface area contributed by atoms with E-state index in [1.54, 1.807) is 18.5 Å². The minimum absolute atomic E-state index is 0.106. The second kappa shape index (κ2) is 4.92. The van der Waals surface area contributed by atoms with Crippen molar-refractivity contribution in [2.24, 2.45) is 0 Å². The lowest BCUT2D eigenvalue weighted by Crippen LogP contribution is -2.00. The summed E-state index contributed by atoms with van der Waals surface area (Å²) in [7, 11) is 0. The SMILES string of the molecule is CCCn1c(-c2ccc(F)cc2O)nc2cnccc21. The first kappa shape index (κ1) is 12.6. The second-order valence-electron chi connectivity index (χ2n) is 4.61. The molecule has 4 nitrogen and oxygen atoms in total. The van der Waals surface area contributed by atoms with Crippen molar-refractivity contribution in [1.29, 1.82) is 0 Å². The van der Waals surface area contributed by atoms with Crippen molar-refractivity contribution in [3.8, 4) is 17.1 Å². The maximum Gasteiger partial charge on any atom is 0.144 e. The first-order valence-electron chi connectivity index (χ1n) is 6.50. The highest BCUT2D eigenvalue weighted by molar-refractivity contribution is 5.81. The summed E-state index contributed by atoms with van der Waals surface area (Å²) >= 11 is 0. The molecule has 1 N–H and O–H groups in total. The van der Waals surface area contributed by atoms with Crippen LogP contribution >= 0.6 is 0 Å². The highest BCUT2D eigenvalue weighted by Gasteiger charge is 2.15. The Morgan fingerprint density at radius 3 is 2.90 bits per heavy atom. The van der Waals surface area contributed by atoms with Crippen molar-refractivity contribution in [2.75, 3.05) is 0 Å². The predicted octanol–water partition coefficient (Wildman–Crippen LogP) is 3.35. The van der Waals surface area contributed by atoms with Gasteiger partial charge >= 0.3 is 0 Å². The van der Waals surface area contributed by atoms with E-state index in [-0.39, 0.29) is 5.75 Å². The largest absolute Gasteiger partial charge is 0.507 e. The lowest BCUT2D eigenvalue weighted by molar-refractivity contribution is 0.470. The number of benzene rings is 1. The summed E-state index contributed by atoms with van der Waals surface area (Å²) in [6, 6.07) is 5.86. The van der Waals surface area contributed by atoms with Crippen molar-refractivity contribution >= 4 is 11.0 Å². The molecule has 0 aliphatic heterocycles.